The Balaban J connectivity index is 1.37. The highest BCUT2D eigenvalue weighted by molar-refractivity contribution is 5.79. The van der Waals surface area contributed by atoms with Gasteiger partial charge in [0.1, 0.15) is 23.8 Å². The van der Waals surface area contributed by atoms with Crippen molar-refractivity contribution in [1.82, 2.24) is 10.5 Å². The Morgan fingerprint density at radius 1 is 1.22 bits per heavy atom. The third-order valence-corrected chi connectivity index (χ3v) is 4.61. The first-order chi connectivity index (χ1) is 13.2. The van der Waals surface area contributed by atoms with Crippen LogP contribution in [0.1, 0.15) is 11.3 Å². The molecule has 3 aromatic rings. The van der Waals surface area contributed by atoms with Crippen molar-refractivity contribution in [2.75, 3.05) is 13.7 Å². The number of nitrogens with one attached hydrogen (secondary N) is 1. The highest BCUT2D eigenvalue weighted by atomic mass is 16.5. The molecule has 1 aliphatic heterocycles. The first-order valence-electron chi connectivity index (χ1n) is 8.81. The van der Waals surface area contributed by atoms with E-state index in [9.17, 15) is 4.79 Å². The van der Waals surface area contributed by atoms with Crippen LogP contribution in [0, 0.1) is 5.92 Å². The quantitative estimate of drug-likeness (QED) is 0.752. The molecule has 0 unspecified atom stereocenters. The van der Waals surface area contributed by atoms with Crippen LogP contribution >= 0.6 is 0 Å². The van der Waals surface area contributed by atoms with Gasteiger partial charge in [0.25, 0.3) is 0 Å². The van der Waals surface area contributed by atoms with Crippen molar-refractivity contribution >= 4 is 5.91 Å². The van der Waals surface area contributed by atoms with E-state index < -0.39 is 0 Å². The number of para-hydroxylation sites is 1. The van der Waals surface area contributed by atoms with Crippen LogP contribution in [0.3, 0.4) is 0 Å². The van der Waals surface area contributed by atoms with E-state index >= 15 is 0 Å². The van der Waals surface area contributed by atoms with E-state index in [4.69, 9.17) is 14.0 Å². The monoisotopic (exact) mass is 364 g/mol. The van der Waals surface area contributed by atoms with Crippen LogP contribution in [0.4, 0.5) is 0 Å². The van der Waals surface area contributed by atoms with Crippen LogP contribution in [0.5, 0.6) is 11.5 Å². The van der Waals surface area contributed by atoms with Crippen LogP contribution in [0.2, 0.25) is 0 Å². The molecule has 0 bridgehead atoms. The molecule has 138 valence electrons. The lowest BCUT2D eigenvalue weighted by molar-refractivity contribution is -0.126. The first-order valence-corrected chi connectivity index (χ1v) is 8.81. The molecule has 0 saturated carbocycles. The summed E-state index contributed by atoms with van der Waals surface area (Å²) in [4.78, 5) is 12.5. The van der Waals surface area contributed by atoms with Gasteiger partial charge >= 0.3 is 0 Å². The predicted octanol–water partition coefficient (Wildman–Crippen LogP) is 3.22. The molecule has 1 aromatic heterocycles. The number of fused-ring (bicyclic) bond motifs is 1. The summed E-state index contributed by atoms with van der Waals surface area (Å²) in [6.45, 7) is 0.696. The number of ether oxygens (including phenoxy) is 2. The Kier molecular flexibility index (Phi) is 4.78. The summed E-state index contributed by atoms with van der Waals surface area (Å²) in [7, 11) is 1.62. The van der Waals surface area contributed by atoms with Gasteiger partial charge in [-0.15, -0.1) is 0 Å². The molecular formula is C21H20N2O4. The molecule has 1 amide bonds. The number of amides is 1. The summed E-state index contributed by atoms with van der Waals surface area (Å²) in [6.07, 6.45) is 0.676. The van der Waals surface area contributed by atoms with Crippen LogP contribution in [-0.4, -0.2) is 24.8 Å². The number of carbonyl (C=O) groups is 1. The van der Waals surface area contributed by atoms with Crippen LogP contribution in [0.15, 0.2) is 59.1 Å². The molecule has 1 atom stereocenters. The Morgan fingerprint density at radius 3 is 3.00 bits per heavy atom. The molecule has 0 saturated heterocycles. The second kappa shape index (κ2) is 7.53. The number of hydrogen-bond acceptors (Lipinski definition) is 5. The van der Waals surface area contributed by atoms with Crippen molar-refractivity contribution < 1.29 is 18.8 Å². The SMILES string of the molecule is COc1cccc(-c2cc(CNC(=O)[C@H]3COc4ccccc4C3)no2)c1. The summed E-state index contributed by atoms with van der Waals surface area (Å²) in [5.41, 5.74) is 2.60. The molecule has 4 rings (SSSR count). The second-order valence-electron chi connectivity index (χ2n) is 6.45. The van der Waals surface area contributed by atoms with Gasteiger partial charge < -0.3 is 19.3 Å². The normalized spacial score (nSPS) is 15.5. The van der Waals surface area contributed by atoms with Gasteiger partial charge in [-0.1, -0.05) is 35.5 Å². The predicted molar refractivity (Wildman–Crippen MR) is 99.5 cm³/mol. The molecular weight excluding hydrogens is 344 g/mol. The lowest BCUT2D eigenvalue weighted by atomic mass is 9.96. The Labute approximate surface area is 157 Å². The van der Waals surface area contributed by atoms with E-state index in [0.717, 1.165) is 22.6 Å². The lowest BCUT2D eigenvalue weighted by Gasteiger charge is -2.24. The summed E-state index contributed by atoms with van der Waals surface area (Å²) in [5.74, 6) is 1.99. The fourth-order valence-corrected chi connectivity index (χ4v) is 3.13. The number of hydrogen-bond donors (Lipinski definition) is 1. The third kappa shape index (κ3) is 3.79. The van der Waals surface area contributed by atoms with Gasteiger partial charge in [-0.2, -0.15) is 0 Å². The summed E-state index contributed by atoms with van der Waals surface area (Å²) in [6, 6.07) is 17.2. The van der Waals surface area contributed by atoms with E-state index in [1.165, 1.54) is 0 Å². The van der Waals surface area contributed by atoms with Gasteiger partial charge in [0.05, 0.1) is 19.6 Å². The molecule has 6 nitrogen and oxygen atoms in total. The number of nitrogens with zero attached hydrogens (tertiary/aromatic N) is 1. The van der Waals surface area contributed by atoms with E-state index in [1.54, 1.807) is 7.11 Å². The molecule has 6 heteroatoms. The van der Waals surface area contributed by atoms with Gasteiger partial charge in [0.2, 0.25) is 5.91 Å². The van der Waals surface area contributed by atoms with Crippen LogP contribution in [-0.2, 0) is 17.8 Å². The molecule has 27 heavy (non-hydrogen) atoms. The zero-order valence-electron chi connectivity index (χ0n) is 15.0. The summed E-state index contributed by atoms with van der Waals surface area (Å²) in [5, 5.41) is 6.96. The smallest absolute Gasteiger partial charge is 0.227 e. The number of aromatic nitrogens is 1. The fourth-order valence-electron chi connectivity index (χ4n) is 3.13. The van der Waals surface area contributed by atoms with Gasteiger partial charge in [0.15, 0.2) is 5.76 Å². The van der Waals surface area contributed by atoms with Crippen molar-refractivity contribution in [2.24, 2.45) is 5.92 Å². The minimum absolute atomic E-state index is 0.0459. The molecule has 1 N–H and O–H groups in total. The fraction of sp³-hybridized carbons (Fsp3) is 0.238. The van der Waals surface area contributed by atoms with Gasteiger partial charge in [-0.25, -0.2) is 0 Å². The molecule has 0 radical (unpaired) electrons. The van der Waals surface area contributed by atoms with Crippen LogP contribution < -0.4 is 14.8 Å². The Morgan fingerprint density at radius 2 is 2.11 bits per heavy atom. The molecule has 2 aromatic carbocycles. The van der Waals surface area contributed by atoms with Crippen molar-refractivity contribution in [3.8, 4) is 22.8 Å². The first kappa shape index (κ1) is 17.1. The van der Waals surface area contributed by atoms with Crippen molar-refractivity contribution in [3.63, 3.8) is 0 Å². The van der Waals surface area contributed by atoms with E-state index in [-0.39, 0.29) is 11.8 Å². The standard InChI is InChI=1S/C21H20N2O4/c1-25-18-7-4-6-15(10-18)20-11-17(23-27-20)12-22-21(24)16-9-14-5-2-3-8-19(14)26-13-16/h2-8,10-11,16H,9,12-13H2,1H3,(H,22,24)/t16-/m1/s1. The second-order valence-corrected chi connectivity index (χ2v) is 6.45. The maximum atomic E-state index is 12.5. The average molecular weight is 364 g/mol. The summed E-state index contributed by atoms with van der Waals surface area (Å²) < 4.78 is 16.3. The number of rotatable bonds is 5. The van der Waals surface area contributed by atoms with Crippen molar-refractivity contribution in [2.45, 2.75) is 13.0 Å². The third-order valence-electron chi connectivity index (χ3n) is 4.61. The van der Waals surface area contributed by atoms with Gasteiger partial charge in [0, 0.05) is 11.6 Å². The highest BCUT2D eigenvalue weighted by Crippen LogP contribution is 2.27. The summed E-state index contributed by atoms with van der Waals surface area (Å²) >= 11 is 0. The highest BCUT2D eigenvalue weighted by Gasteiger charge is 2.25. The van der Waals surface area contributed by atoms with Gasteiger partial charge in [-0.3, -0.25) is 4.79 Å². The number of benzene rings is 2. The molecule has 0 aliphatic carbocycles. The van der Waals surface area contributed by atoms with Gasteiger partial charge in [-0.05, 0) is 30.2 Å². The van der Waals surface area contributed by atoms with E-state index in [2.05, 4.69) is 10.5 Å². The van der Waals surface area contributed by atoms with Crippen LogP contribution in [0.25, 0.3) is 11.3 Å². The van der Waals surface area contributed by atoms with Crippen molar-refractivity contribution in [3.05, 3.63) is 65.9 Å². The molecule has 1 aliphatic rings. The number of carbonyl (C=O) groups excluding carboxylic acids is 1. The largest absolute Gasteiger partial charge is 0.497 e. The lowest BCUT2D eigenvalue weighted by Crippen LogP contribution is -2.37. The maximum absolute atomic E-state index is 12.5. The average Bonchev–Trinajstić information content (AvgIpc) is 3.21. The minimum atomic E-state index is -0.204. The Hall–Kier alpha value is -3.28. The zero-order chi connectivity index (χ0) is 18.6. The molecule has 0 spiro atoms. The molecule has 2 heterocycles. The Bertz CT molecular complexity index is 951. The van der Waals surface area contributed by atoms with Crippen molar-refractivity contribution in [1.29, 1.82) is 0 Å². The maximum Gasteiger partial charge on any atom is 0.227 e. The molecule has 0 fully saturated rings. The minimum Gasteiger partial charge on any atom is -0.497 e. The van der Waals surface area contributed by atoms with E-state index in [1.807, 2.05) is 54.6 Å². The topological polar surface area (TPSA) is 73.6 Å². The zero-order valence-corrected chi connectivity index (χ0v) is 15.0. The van der Waals surface area contributed by atoms with E-state index in [0.29, 0.717) is 31.0 Å². The number of methoxy groups -OCH3 is 1.